The number of aromatic amines is 1. The van der Waals surface area contributed by atoms with Crippen molar-refractivity contribution in [3.05, 3.63) is 32.6 Å². The Balaban J connectivity index is 1.79. The SMILES string of the molecule is Cc1cn(CC(=O)N2CCCC2C2(O)CC2)c(=O)[nH]c1=O. The predicted octanol–water partition coefficient (Wildman–Crippen LogP) is -0.639. The molecule has 3 rings (SSSR count). The number of likely N-dealkylation sites (tertiary alicyclic amines) is 1. The Kier molecular flexibility index (Phi) is 3.24. The molecule has 0 aromatic carbocycles. The Labute approximate surface area is 121 Å². The monoisotopic (exact) mass is 293 g/mol. The summed E-state index contributed by atoms with van der Waals surface area (Å²) in [5, 5.41) is 10.2. The average molecular weight is 293 g/mol. The van der Waals surface area contributed by atoms with Crippen molar-refractivity contribution in [2.24, 2.45) is 0 Å². The lowest BCUT2D eigenvalue weighted by atomic mass is 10.1. The smallest absolute Gasteiger partial charge is 0.328 e. The van der Waals surface area contributed by atoms with Gasteiger partial charge in [0.25, 0.3) is 5.56 Å². The first-order valence-corrected chi connectivity index (χ1v) is 7.23. The number of carbonyl (C=O) groups excluding carboxylic acids is 1. The first kappa shape index (κ1) is 14.1. The highest BCUT2D eigenvalue weighted by atomic mass is 16.3. The molecule has 1 amide bonds. The van der Waals surface area contributed by atoms with E-state index in [9.17, 15) is 19.5 Å². The summed E-state index contributed by atoms with van der Waals surface area (Å²) in [5.74, 6) is -0.189. The molecule has 0 radical (unpaired) electrons. The Bertz CT molecular complexity index is 686. The molecule has 1 aliphatic heterocycles. The molecule has 2 heterocycles. The number of aromatic nitrogens is 2. The van der Waals surface area contributed by atoms with Gasteiger partial charge in [-0.3, -0.25) is 19.1 Å². The van der Waals surface area contributed by atoms with E-state index in [1.54, 1.807) is 11.8 Å². The average Bonchev–Trinajstić information content (AvgIpc) is 2.99. The summed E-state index contributed by atoms with van der Waals surface area (Å²) in [6.07, 6.45) is 4.55. The number of hydrogen-bond acceptors (Lipinski definition) is 4. The van der Waals surface area contributed by atoms with Gasteiger partial charge >= 0.3 is 5.69 Å². The molecule has 1 unspecified atom stereocenters. The van der Waals surface area contributed by atoms with Crippen LogP contribution in [0.5, 0.6) is 0 Å². The molecular weight excluding hydrogens is 274 g/mol. The second-order valence-corrected chi connectivity index (χ2v) is 6.05. The van der Waals surface area contributed by atoms with Crippen molar-refractivity contribution in [2.45, 2.75) is 50.8 Å². The number of nitrogens with zero attached hydrogens (tertiary/aromatic N) is 2. The van der Waals surface area contributed by atoms with E-state index in [-0.39, 0.29) is 18.5 Å². The maximum absolute atomic E-state index is 12.4. The van der Waals surface area contributed by atoms with E-state index in [1.165, 1.54) is 10.8 Å². The van der Waals surface area contributed by atoms with Gasteiger partial charge in [0.2, 0.25) is 5.91 Å². The van der Waals surface area contributed by atoms with Crippen molar-refractivity contribution in [3.8, 4) is 0 Å². The Morgan fingerprint density at radius 1 is 1.48 bits per heavy atom. The Hall–Kier alpha value is -1.89. The molecule has 1 aromatic rings. The summed E-state index contributed by atoms with van der Waals surface area (Å²) in [6, 6.07) is -0.135. The molecule has 2 aliphatic rings. The highest BCUT2D eigenvalue weighted by Gasteiger charge is 2.52. The van der Waals surface area contributed by atoms with Crippen molar-refractivity contribution in [1.29, 1.82) is 0 Å². The van der Waals surface area contributed by atoms with Gasteiger partial charge in [-0.1, -0.05) is 0 Å². The summed E-state index contributed by atoms with van der Waals surface area (Å²) in [5.41, 5.74) is -1.35. The quantitative estimate of drug-likeness (QED) is 0.775. The van der Waals surface area contributed by atoms with E-state index in [2.05, 4.69) is 4.98 Å². The van der Waals surface area contributed by atoms with E-state index in [0.717, 1.165) is 25.7 Å². The van der Waals surface area contributed by atoms with Gasteiger partial charge in [-0.15, -0.1) is 0 Å². The molecule has 1 saturated carbocycles. The zero-order valence-electron chi connectivity index (χ0n) is 12.0. The zero-order chi connectivity index (χ0) is 15.2. The number of amides is 1. The molecule has 2 N–H and O–H groups in total. The van der Waals surface area contributed by atoms with Crippen LogP contribution in [-0.2, 0) is 11.3 Å². The molecule has 21 heavy (non-hydrogen) atoms. The zero-order valence-corrected chi connectivity index (χ0v) is 12.0. The molecule has 0 spiro atoms. The Morgan fingerprint density at radius 3 is 2.86 bits per heavy atom. The standard InChI is InChI=1S/C14H19N3O4/c1-9-7-16(13(20)15-12(9)19)8-11(18)17-6-2-3-10(17)14(21)4-5-14/h7,10,21H,2-6,8H2,1H3,(H,15,19,20). The minimum Gasteiger partial charge on any atom is -0.388 e. The van der Waals surface area contributed by atoms with Crippen LogP contribution in [0, 0.1) is 6.92 Å². The van der Waals surface area contributed by atoms with Gasteiger partial charge in [-0.05, 0) is 32.6 Å². The van der Waals surface area contributed by atoms with Crippen LogP contribution >= 0.6 is 0 Å². The molecule has 1 aliphatic carbocycles. The van der Waals surface area contributed by atoms with E-state index in [0.29, 0.717) is 12.1 Å². The van der Waals surface area contributed by atoms with Crippen LogP contribution in [-0.4, -0.2) is 43.7 Å². The van der Waals surface area contributed by atoms with Crippen molar-refractivity contribution in [2.75, 3.05) is 6.54 Å². The summed E-state index contributed by atoms with van der Waals surface area (Å²) < 4.78 is 1.21. The summed E-state index contributed by atoms with van der Waals surface area (Å²) in [7, 11) is 0. The lowest BCUT2D eigenvalue weighted by Crippen LogP contribution is -2.46. The van der Waals surface area contributed by atoms with E-state index in [1.807, 2.05) is 0 Å². The molecule has 7 heteroatoms. The molecule has 7 nitrogen and oxygen atoms in total. The largest absolute Gasteiger partial charge is 0.388 e. The maximum Gasteiger partial charge on any atom is 0.328 e. The van der Waals surface area contributed by atoms with Gasteiger partial charge in [0.15, 0.2) is 0 Å². The van der Waals surface area contributed by atoms with Crippen molar-refractivity contribution in [3.63, 3.8) is 0 Å². The van der Waals surface area contributed by atoms with Crippen LogP contribution in [0.3, 0.4) is 0 Å². The highest BCUT2D eigenvalue weighted by Crippen LogP contribution is 2.44. The fourth-order valence-electron chi connectivity index (χ4n) is 3.06. The van der Waals surface area contributed by atoms with Crippen molar-refractivity contribution < 1.29 is 9.90 Å². The Morgan fingerprint density at radius 2 is 2.19 bits per heavy atom. The lowest BCUT2D eigenvalue weighted by Gasteiger charge is -2.29. The minimum absolute atomic E-state index is 0.108. The second kappa shape index (κ2) is 4.84. The van der Waals surface area contributed by atoms with Gasteiger partial charge in [0.05, 0.1) is 11.6 Å². The number of rotatable bonds is 3. The third-order valence-electron chi connectivity index (χ3n) is 4.45. The van der Waals surface area contributed by atoms with Crippen LogP contribution in [0.2, 0.25) is 0 Å². The summed E-state index contributed by atoms with van der Waals surface area (Å²) in [4.78, 5) is 39.3. The van der Waals surface area contributed by atoms with E-state index in [4.69, 9.17) is 0 Å². The van der Waals surface area contributed by atoms with Gasteiger partial charge < -0.3 is 10.0 Å². The number of hydrogen-bond donors (Lipinski definition) is 2. The highest BCUT2D eigenvalue weighted by molar-refractivity contribution is 5.77. The van der Waals surface area contributed by atoms with Crippen molar-refractivity contribution in [1.82, 2.24) is 14.5 Å². The van der Waals surface area contributed by atoms with Gasteiger partial charge in [-0.2, -0.15) is 0 Å². The molecule has 0 bridgehead atoms. The molecule has 114 valence electrons. The second-order valence-electron chi connectivity index (χ2n) is 6.05. The molecule has 1 saturated heterocycles. The number of H-pyrrole nitrogens is 1. The van der Waals surface area contributed by atoms with Crippen LogP contribution in [0.4, 0.5) is 0 Å². The fraction of sp³-hybridized carbons (Fsp3) is 0.643. The van der Waals surface area contributed by atoms with Gasteiger partial charge in [-0.25, -0.2) is 4.79 Å². The van der Waals surface area contributed by atoms with Gasteiger partial charge in [0.1, 0.15) is 6.54 Å². The van der Waals surface area contributed by atoms with Crippen LogP contribution < -0.4 is 11.2 Å². The molecule has 1 atom stereocenters. The maximum atomic E-state index is 12.4. The van der Waals surface area contributed by atoms with Crippen LogP contribution in [0.25, 0.3) is 0 Å². The predicted molar refractivity (Wildman–Crippen MR) is 75.0 cm³/mol. The van der Waals surface area contributed by atoms with Gasteiger partial charge in [0, 0.05) is 18.3 Å². The van der Waals surface area contributed by atoms with Crippen molar-refractivity contribution >= 4 is 5.91 Å². The minimum atomic E-state index is -0.724. The summed E-state index contributed by atoms with van der Waals surface area (Å²) >= 11 is 0. The normalized spacial score (nSPS) is 23.3. The molecular formula is C14H19N3O4. The third kappa shape index (κ3) is 2.53. The number of aryl methyl sites for hydroxylation is 1. The van der Waals surface area contributed by atoms with E-state index < -0.39 is 16.9 Å². The number of aliphatic hydroxyl groups is 1. The summed E-state index contributed by atoms with van der Waals surface area (Å²) in [6.45, 7) is 2.09. The molecule has 1 aromatic heterocycles. The van der Waals surface area contributed by atoms with Crippen LogP contribution in [0.1, 0.15) is 31.2 Å². The number of carbonyl (C=O) groups is 1. The lowest BCUT2D eigenvalue weighted by molar-refractivity contribution is -0.135. The third-order valence-corrected chi connectivity index (χ3v) is 4.45. The fourth-order valence-corrected chi connectivity index (χ4v) is 3.06. The van der Waals surface area contributed by atoms with Crippen LogP contribution in [0.15, 0.2) is 15.8 Å². The topological polar surface area (TPSA) is 95.4 Å². The molecule has 2 fully saturated rings. The number of nitrogens with one attached hydrogen (secondary N) is 1. The van der Waals surface area contributed by atoms with E-state index >= 15 is 0 Å². The first-order valence-electron chi connectivity index (χ1n) is 7.23. The first-order chi connectivity index (χ1) is 9.90.